The zero-order valence-electron chi connectivity index (χ0n) is 11.8. The molecule has 6 heteroatoms. The molecule has 0 spiro atoms. The van der Waals surface area contributed by atoms with Gasteiger partial charge in [0.15, 0.2) is 0 Å². The fourth-order valence-electron chi connectivity index (χ4n) is 2.26. The Kier molecular flexibility index (Phi) is 5.39. The fraction of sp³-hybridized carbons (Fsp3) is 0.571. The summed E-state index contributed by atoms with van der Waals surface area (Å²) in [5.41, 5.74) is 1.67. The molecule has 1 heterocycles. The lowest BCUT2D eigenvalue weighted by Gasteiger charge is -2.13. The Hall–Kier alpha value is -1.11. The minimum atomic E-state index is -3.35. The molecule has 20 heavy (non-hydrogen) atoms. The first-order valence-corrected chi connectivity index (χ1v) is 8.66. The smallest absolute Gasteiger partial charge is 0.235 e. The summed E-state index contributed by atoms with van der Waals surface area (Å²) in [6.07, 6.45) is 1.59. The molecule has 1 aliphatic rings. The number of hydrogen-bond acceptors (Lipinski definition) is 4. The summed E-state index contributed by atoms with van der Waals surface area (Å²) in [6.45, 7) is 4.32. The van der Waals surface area contributed by atoms with Crippen LogP contribution in [0.4, 0.5) is 5.69 Å². The molecular formula is C14H22N2O3S. The highest BCUT2D eigenvalue weighted by atomic mass is 32.2. The van der Waals surface area contributed by atoms with Crippen molar-refractivity contribution in [2.45, 2.75) is 32.4 Å². The number of rotatable bonds is 7. The molecule has 1 atom stereocenters. The molecule has 0 aliphatic carbocycles. The maximum Gasteiger partial charge on any atom is 0.235 e. The van der Waals surface area contributed by atoms with E-state index in [2.05, 4.69) is 10.0 Å². The van der Waals surface area contributed by atoms with Crippen LogP contribution in [0.2, 0.25) is 0 Å². The first-order valence-electron chi connectivity index (χ1n) is 7.01. The lowest BCUT2D eigenvalue weighted by Crippen LogP contribution is -2.25. The molecule has 5 nitrogen and oxygen atoms in total. The molecule has 1 saturated heterocycles. The predicted octanol–water partition coefficient (Wildman–Crippen LogP) is 1.72. The van der Waals surface area contributed by atoms with Gasteiger partial charge in [-0.3, -0.25) is 4.72 Å². The van der Waals surface area contributed by atoms with Crippen molar-refractivity contribution in [1.29, 1.82) is 0 Å². The quantitative estimate of drug-likeness (QED) is 0.804. The normalized spacial score (nSPS) is 19.1. The molecule has 112 valence electrons. The maximum atomic E-state index is 12.1. The van der Waals surface area contributed by atoms with Gasteiger partial charge in [0.05, 0.1) is 11.9 Å². The molecule has 0 radical (unpaired) electrons. The highest BCUT2D eigenvalue weighted by molar-refractivity contribution is 7.92. The zero-order valence-corrected chi connectivity index (χ0v) is 12.6. The molecule has 2 N–H and O–H groups in total. The van der Waals surface area contributed by atoms with Crippen LogP contribution in [0.15, 0.2) is 24.3 Å². The van der Waals surface area contributed by atoms with Gasteiger partial charge in [0.1, 0.15) is 0 Å². The number of sulfonamides is 1. The van der Waals surface area contributed by atoms with Gasteiger partial charge in [0.25, 0.3) is 0 Å². The van der Waals surface area contributed by atoms with Crippen LogP contribution in [-0.4, -0.2) is 33.4 Å². The van der Waals surface area contributed by atoms with Gasteiger partial charge in [-0.25, -0.2) is 8.42 Å². The van der Waals surface area contributed by atoms with E-state index in [1.165, 1.54) is 0 Å². The SMILES string of the molecule is CCNCc1cccc(NS(=O)(=O)CC2CCCO2)c1. The van der Waals surface area contributed by atoms with E-state index in [-0.39, 0.29) is 11.9 Å². The Morgan fingerprint density at radius 3 is 2.95 bits per heavy atom. The monoisotopic (exact) mass is 298 g/mol. The summed E-state index contributed by atoms with van der Waals surface area (Å²) >= 11 is 0. The van der Waals surface area contributed by atoms with Crippen molar-refractivity contribution in [1.82, 2.24) is 5.32 Å². The lowest BCUT2D eigenvalue weighted by molar-refractivity contribution is 0.127. The number of ether oxygens (including phenoxy) is 1. The average molecular weight is 298 g/mol. The van der Waals surface area contributed by atoms with Gasteiger partial charge in [-0.05, 0) is 37.1 Å². The van der Waals surface area contributed by atoms with Crippen LogP contribution in [0.3, 0.4) is 0 Å². The Labute approximate surface area is 120 Å². The summed E-state index contributed by atoms with van der Waals surface area (Å²) in [6, 6.07) is 7.45. The number of benzene rings is 1. The summed E-state index contributed by atoms with van der Waals surface area (Å²) in [5, 5.41) is 3.22. The Morgan fingerprint density at radius 2 is 2.25 bits per heavy atom. The summed E-state index contributed by atoms with van der Waals surface area (Å²) < 4.78 is 32.1. The van der Waals surface area contributed by atoms with Crippen LogP contribution in [0, 0.1) is 0 Å². The van der Waals surface area contributed by atoms with Crippen LogP contribution in [-0.2, 0) is 21.3 Å². The third-order valence-corrected chi connectivity index (χ3v) is 4.57. The van der Waals surface area contributed by atoms with Crippen molar-refractivity contribution in [2.75, 3.05) is 23.6 Å². The van der Waals surface area contributed by atoms with Gasteiger partial charge in [-0.1, -0.05) is 19.1 Å². The van der Waals surface area contributed by atoms with Gasteiger partial charge in [-0.15, -0.1) is 0 Å². The molecule has 0 aromatic heterocycles. The van der Waals surface area contributed by atoms with Crippen molar-refractivity contribution >= 4 is 15.7 Å². The van der Waals surface area contributed by atoms with Crippen LogP contribution < -0.4 is 10.0 Å². The third-order valence-electron chi connectivity index (χ3n) is 3.21. The second-order valence-electron chi connectivity index (χ2n) is 5.00. The minimum absolute atomic E-state index is 0.0322. The molecule has 1 fully saturated rings. The van der Waals surface area contributed by atoms with Crippen molar-refractivity contribution in [2.24, 2.45) is 0 Å². The van der Waals surface area contributed by atoms with E-state index >= 15 is 0 Å². The van der Waals surface area contributed by atoms with Crippen LogP contribution in [0.25, 0.3) is 0 Å². The van der Waals surface area contributed by atoms with E-state index in [1.807, 2.05) is 25.1 Å². The van der Waals surface area contributed by atoms with Gasteiger partial charge >= 0.3 is 0 Å². The topological polar surface area (TPSA) is 67.4 Å². The molecule has 0 amide bonds. The average Bonchev–Trinajstić information content (AvgIpc) is 2.88. The van der Waals surface area contributed by atoms with Crippen LogP contribution in [0.5, 0.6) is 0 Å². The first-order chi connectivity index (χ1) is 9.59. The fourth-order valence-corrected chi connectivity index (χ4v) is 3.58. The largest absolute Gasteiger partial charge is 0.377 e. The van der Waals surface area contributed by atoms with E-state index in [0.29, 0.717) is 12.3 Å². The molecule has 0 bridgehead atoms. The maximum absolute atomic E-state index is 12.1. The standard InChI is InChI=1S/C14H22N2O3S/c1-2-15-10-12-5-3-6-13(9-12)16-20(17,18)11-14-7-4-8-19-14/h3,5-6,9,14-16H,2,4,7-8,10-11H2,1H3. The van der Waals surface area contributed by atoms with E-state index in [0.717, 1.165) is 31.5 Å². The highest BCUT2D eigenvalue weighted by Gasteiger charge is 2.23. The van der Waals surface area contributed by atoms with Crippen molar-refractivity contribution in [3.8, 4) is 0 Å². The molecular weight excluding hydrogens is 276 g/mol. The second kappa shape index (κ2) is 7.06. The summed E-state index contributed by atoms with van der Waals surface area (Å²) in [4.78, 5) is 0. The van der Waals surface area contributed by atoms with E-state index in [4.69, 9.17) is 4.74 Å². The van der Waals surface area contributed by atoms with E-state index in [1.54, 1.807) is 6.07 Å². The molecule has 0 saturated carbocycles. The van der Waals surface area contributed by atoms with Crippen LogP contribution in [0.1, 0.15) is 25.3 Å². The molecule has 2 rings (SSSR count). The molecule has 1 aliphatic heterocycles. The third kappa shape index (κ3) is 4.77. The summed E-state index contributed by atoms with van der Waals surface area (Å²) in [5.74, 6) is 0.0322. The van der Waals surface area contributed by atoms with Gasteiger partial charge in [-0.2, -0.15) is 0 Å². The minimum Gasteiger partial charge on any atom is -0.377 e. The van der Waals surface area contributed by atoms with Gasteiger partial charge < -0.3 is 10.1 Å². The van der Waals surface area contributed by atoms with E-state index in [9.17, 15) is 8.42 Å². The van der Waals surface area contributed by atoms with Gasteiger partial charge in [0, 0.05) is 18.8 Å². The molecule has 1 unspecified atom stereocenters. The van der Waals surface area contributed by atoms with Crippen molar-refractivity contribution in [3.05, 3.63) is 29.8 Å². The number of anilines is 1. The first kappa shape index (κ1) is 15.3. The van der Waals surface area contributed by atoms with Crippen LogP contribution >= 0.6 is 0 Å². The number of nitrogens with one attached hydrogen (secondary N) is 2. The van der Waals surface area contributed by atoms with E-state index < -0.39 is 10.0 Å². The predicted molar refractivity (Wildman–Crippen MR) is 80.2 cm³/mol. The molecule has 1 aromatic carbocycles. The van der Waals surface area contributed by atoms with Gasteiger partial charge in [0.2, 0.25) is 10.0 Å². The zero-order chi connectivity index (χ0) is 14.4. The Morgan fingerprint density at radius 1 is 1.40 bits per heavy atom. The summed E-state index contributed by atoms with van der Waals surface area (Å²) in [7, 11) is -3.35. The van der Waals surface area contributed by atoms with Crippen molar-refractivity contribution < 1.29 is 13.2 Å². The number of hydrogen-bond donors (Lipinski definition) is 2. The Bertz CT molecular complexity index is 525. The molecule has 1 aromatic rings. The Balaban J connectivity index is 1.97. The second-order valence-corrected chi connectivity index (χ2v) is 6.77. The highest BCUT2D eigenvalue weighted by Crippen LogP contribution is 2.17. The lowest BCUT2D eigenvalue weighted by atomic mass is 10.2. The van der Waals surface area contributed by atoms with Crippen molar-refractivity contribution in [3.63, 3.8) is 0 Å².